The van der Waals surface area contributed by atoms with E-state index in [1.54, 1.807) is 0 Å². The minimum Gasteiger partial charge on any atom is -0.340 e. The van der Waals surface area contributed by atoms with Gasteiger partial charge in [0.1, 0.15) is 5.82 Å². The lowest BCUT2D eigenvalue weighted by atomic mass is 9.94. The number of aromatic amines is 1. The van der Waals surface area contributed by atoms with Crippen molar-refractivity contribution in [2.75, 3.05) is 6.54 Å². The van der Waals surface area contributed by atoms with E-state index in [0.717, 1.165) is 48.2 Å². The lowest BCUT2D eigenvalue weighted by molar-refractivity contribution is -0.134. The average molecular weight is 333 g/mol. The predicted molar refractivity (Wildman–Crippen MR) is 99.3 cm³/mol. The smallest absolute Gasteiger partial charge is 0.230 e. The molecule has 4 heteroatoms. The summed E-state index contributed by atoms with van der Waals surface area (Å²) in [6.45, 7) is 2.89. The van der Waals surface area contributed by atoms with E-state index in [9.17, 15) is 4.79 Å². The molecular formula is C21H23N3O. The van der Waals surface area contributed by atoms with Crippen LogP contribution in [0.1, 0.15) is 49.5 Å². The van der Waals surface area contributed by atoms with E-state index in [1.807, 2.05) is 47.4 Å². The van der Waals surface area contributed by atoms with Crippen LogP contribution in [-0.2, 0) is 4.79 Å². The number of carbonyl (C=O) groups is 1. The van der Waals surface area contributed by atoms with Gasteiger partial charge >= 0.3 is 0 Å². The fourth-order valence-corrected chi connectivity index (χ4v) is 3.88. The summed E-state index contributed by atoms with van der Waals surface area (Å²) in [5.41, 5.74) is 3.10. The van der Waals surface area contributed by atoms with Crippen LogP contribution in [0.25, 0.3) is 11.0 Å². The molecule has 0 aliphatic carbocycles. The van der Waals surface area contributed by atoms with Gasteiger partial charge in [0.2, 0.25) is 5.91 Å². The lowest BCUT2D eigenvalue weighted by Gasteiger charge is -2.27. The summed E-state index contributed by atoms with van der Waals surface area (Å²) in [5, 5.41) is 0. The zero-order valence-electron chi connectivity index (χ0n) is 14.5. The van der Waals surface area contributed by atoms with Crippen LogP contribution in [-0.4, -0.2) is 27.3 Å². The van der Waals surface area contributed by atoms with Gasteiger partial charge < -0.3 is 9.88 Å². The summed E-state index contributed by atoms with van der Waals surface area (Å²) in [5.74, 6) is 1.05. The largest absolute Gasteiger partial charge is 0.340 e. The molecule has 0 saturated carbocycles. The van der Waals surface area contributed by atoms with Gasteiger partial charge in [-0.25, -0.2) is 4.98 Å². The molecule has 1 amide bonds. The number of amides is 1. The van der Waals surface area contributed by atoms with Gasteiger partial charge in [-0.1, -0.05) is 49.4 Å². The minimum absolute atomic E-state index is 0.0534. The maximum atomic E-state index is 13.3. The van der Waals surface area contributed by atoms with Gasteiger partial charge in [-0.05, 0) is 37.0 Å². The van der Waals surface area contributed by atoms with Crippen LogP contribution >= 0.6 is 0 Å². The van der Waals surface area contributed by atoms with E-state index in [0.29, 0.717) is 0 Å². The Morgan fingerprint density at radius 1 is 1.20 bits per heavy atom. The number of hydrogen-bond acceptors (Lipinski definition) is 2. The van der Waals surface area contributed by atoms with Crippen molar-refractivity contribution in [3.8, 4) is 0 Å². The second-order valence-corrected chi connectivity index (χ2v) is 6.70. The van der Waals surface area contributed by atoms with Crippen LogP contribution < -0.4 is 0 Å². The first-order valence-electron chi connectivity index (χ1n) is 9.08. The Labute approximate surface area is 147 Å². The number of benzene rings is 2. The highest BCUT2D eigenvalue weighted by Gasteiger charge is 2.35. The summed E-state index contributed by atoms with van der Waals surface area (Å²) in [4.78, 5) is 23.4. The van der Waals surface area contributed by atoms with Crippen LogP contribution in [0.5, 0.6) is 0 Å². The number of hydrogen-bond donors (Lipinski definition) is 1. The number of aromatic nitrogens is 2. The van der Waals surface area contributed by atoms with E-state index >= 15 is 0 Å². The number of fused-ring (bicyclic) bond motifs is 1. The molecule has 1 aromatic heterocycles. The maximum Gasteiger partial charge on any atom is 0.230 e. The molecule has 25 heavy (non-hydrogen) atoms. The third-order valence-corrected chi connectivity index (χ3v) is 5.17. The maximum absolute atomic E-state index is 13.3. The van der Waals surface area contributed by atoms with Crippen LogP contribution in [0.15, 0.2) is 54.6 Å². The second-order valence-electron chi connectivity index (χ2n) is 6.70. The first kappa shape index (κ1) is 15.9. The molecule has 3 aromatic rings. The molecular weight excluding hydrogens is 310 g/mol. The van der Waals surface area contributed by atoms with Crippen molar-refractivity contribution in [3.05, 3.63) is 66.0 Å². The third-order valence-electron chi connectivity index (χ3n) is 5.17. The molecule has 4 nitrogen and oxygen atoms in total. The van der Waals surface area contributed by atoms with Gasteiger partial charge in [-0.15, -0.1) is 0 Å². The molecule has 128 valence electrons. The summed E-state index contributed by atoms with van der Waals surface area (Å²) >= 11 is 0. The van der Waals surface area contributed by atoms with E-state index in [2.05, 4.69) is 24.0 Å². The number of imidazole rings is 1. The van der Waals surface area contributed by atoms with Crippen molar-refractivity contribution in [3.63, 3.8) is 0 Å². The third kappa shape index (κ3) is 2.93. The number of nitrogens with one attached hydrogen (secondary N) is 1. The topological polar surface area (TPSA) is 49.0 Å². The summed E-state index contributed by atoms with van der Waals surface area (Å²) < 4.78 is 0. The van der Waals surface area contributed by atoms with E-state index in [-0.39, 0.29) is 17.9 Å². The Morgan fingerprint density at radius 3 is 2.72 bits per heavy atom. The number of H-pyrrole nitrogens is 1. The molecule has 4 rings (SSSR count). The number of para-hydroxylation sites is 2. The fraction of sp³-hybridized carbons (Fsp3) is 0.333. The number of carbonyl (C=O) groups excluding carboxylic acids is 1. The van der Waals surface area contributed by atoms with Crippen molar-refractivity contribution >= 4 is 16.9 Å². The van der Waals surface area contributed by atoms with Crippen molar-refractivity contribution in [2.45, 2.75) is 38.1 Å². The molecule has 1 aliphatic rings. The Balaban J connectivity index is 1.63. The second kappa shape index (κ2) is 6.71. The highest BCUT2D eigenvalue weighted by atomic mass is 16.2. The van der Waals surface area contributed by atoms with Gasteiger partial charge in [0.25, 0.3) is 0 Å². The lowest BCUT2D eigenvalue weighted by Crippen LogP contribution is -2.35. The molecule has 0 spiro atoms. The van der Waals surface area contributed by atoms with Crippen molar-refractivity contribution in [1.29, 1.82) is 0 Å². The molecule has 1 aliphatic heterocycles. The van der Waals surface area contributed by atoms with Gasteiger partial charge in [0.15, 0.2) is 0 Å². The van der Waals surface area contributed by atoms with Gasteiger partial charge in [-0.2, -0.15) is 0 Å². The number of likely N-dealkylation sites (tertiary alicyclic amines) is 1. The number of rotatable bonds is 4. The molecule has 2 heterocycles. The molecule has 1 N–H and O–H groups in total. The molecule has 1 fully saturated rings. The Hall–Kier alpha value is -2.62. The van der Waals surface area contributed by atoms with Crippen molar-refractivity contribution in [1.82, 2.24) is 14.9 Å². The Bertz CT molecular complexity index is 838. The first-order chi connectivity index (χ1) is 12.3. The minimum atomic E-state index is -0.0776. The summed E-state index contributed by atoms with van der Waals surface area (Å²) in [7, 11) is 0. The van der Waals surface area contributed by atoms with E-state index in [4.69, 9.17) is 4.98 Å². The van der Waals surface area contributed by atoms with Crippen LogP contribution in [0.3, 0.4) is 0 Å². The van der Waals surface area contributed by atoms with E-state index in [1.165, 1.54) is 0 Å². The van der Waals surface area contributed by atoms with Gasteiger partial charge in [0, 0.05) is 6.54 Å². The summed E-state index contributed by atoms with van der Waals surface area (Å²) in [6, 6.07) is 18.2. The quantitative estimate of drug-likeness (QED) is 0.768. The normalized spacial score (nSPS) is 18.6. The molecule has 2 atom stereocenters. The standard InChI is InChI=1S/C21H23N3O/c1-2-16(15-9-4-3-5-10-15)21(25)24-14-8-13-19(24)20-22-17-11-6-7-12-18(17)23-20/h3-7,9-12,16,19H,2,8,13-14H2,1H3,(H,22,23)/t16-,19+/m1/s1. The van der Waals surface area contributed by atoms with Gasteiger partial charge in [0.05, 0.1) is 23.0 Å². The van der Waals surface area contributed by atoms with Crippen LogP contribution in [0.4, 0.5) is 0 Å². The van der Waals surface area contributed by atoms with Crippen molar-refractivity contribution < 1.29 is 4.79 Å². The van der Waals surface area contributed by atoms with Crippen LogP contribution in [0.2, 0.25) is 0 Å². The predicted octanol–water partition coefficient (Wildman–Crippen LogP) is 4.42. The zero-order valence-corrected chi connectivity index (χ0v) is 14.5. The SMILES string of the molecule is CC[C@@H](C(=O)N1CCC[C@H]1c1nc2ccccc2[nH]1)c1ccccc1. The monoisotopic (exact) mass is 333 g/mol. The molecule has 0 bridgehead atoms. The first-order valence-corrected chi connectivity index (χ1v) is 9.08. The average Bonchev–Trinajstić information content (AvgIpc) is 3.29. The highest BCUT2D eigenvalue weighted by Crippen LogP contribution is 2.35. The van der Waals surface area contributed by atoms with Gasteiger partial charge in [-0.3, -0.25) is 4.79 Å². The number of nitrogens with zero attached hydrogens (tertiary/aromatic N) is 2. The zero-order chi connectivity index (χ0) is 17.2. The molecule has 1 saturated heterocycles. The van der Waals surface area contributed by atoms with Crippen LogP contribution in [0, 0.1) is 0 Å². The Kier molecular flexibility index (Phi) is 4.26. The Morgan fingerprint density at radius 2 is 1.96 bits per heavy atom. The fourth-order valence-electron chi connectivity index (χ4n) is 3.88. The molecule has 2 aromatic carbocycles. The van der Waals surface area contributed by atoms with Crippen molar-refractivity contribution in [2.24, 2.45) is 0 Å². The molecule has 0 unspecified atom stereocenters. The summed E-state index contributed by atoms with van der Waals surface area (Å²) in [6.07, 6.45) is 2.81. The van der Waals surface area contributed by atoms with E-state index < -0.39 is 0 Å². The molecule has 0 radical (unpaired) electrons. The highest BCUT2D eigenvalue weighted by molar-refractivity contribution is 5.84.